The fourth-order valence-electron chi connectivity index (χ4n) is 2.27. The van der Waals surface area contributed by atoms with Gasteiger partial charge in [0.25, 0.3) is 11.8 Å². The van der Waals surface area contributed by atoms with E-state index in [0.717, 1.165) is 17.7 Å². The minimum atomic E-state index is -4.00. The number of hydrogen-bond acceptors (Lipinski definition) is 4. The van der Waals surface area contributed by atoms with Crippen molar-refractivity contribution in [3.63, 3.8) is 0 Å². The summed E-state index contributed by atoms with van der Waals surface area (Å²) < 4.78 is 28.4. The second kappa shape index (κ2) is 5.52. The summed E-state index contributed by atoms with van der Waals surface area (Å²) in [6.07, 6.45) is 0. The maximum Gasteiger partial charge on any atom is 0.407 e. The molecule has 1 aliphatic rings. The average molecular weight is 331 g/mol. The van der Waals surface area contributed by atoms with Gasteiger partial charge in [-0.05, 0) is 19.1 Å². The number of benzene rings is 2. The smallest absolute Gasteiger partial charge is 0.323 e. The number of aryl methyl sites for hydroxylation is 1. The molecule has 3 rings (SSSR count). The van der Waals surface area contributed by atoms with Crippen molar-refractivity contribution in [2.75, 3.05) is 0 Å². The van der Waals surface area contributed by atoms with E-state index in [1.807, 2.05) is 0 Å². The highest BCUT2D eigenvalue weighted by molar-refractivity contribution is 6.20. The van der Waals surface area contributed by atoms with Crippen LogP contribution in [0.5, 0.6) is 0 Å². The summed E-state index contributed by atoms with van der Waals surface area (Å²) in [5, 5.41) is 0.0646. The number of carbonyl (C=O) groups is 3. The van der Waals surface area contributed by atoms with E-state index >= 15 is 0 Å². The number of imide groups is 1. The van der Waals surface area contributed by atoms with Crippen LogP contribution in [-0.4, -0.2) is 22.8 Å². The Morgan fingerprint density at radius 1 is 0.958 bits per heavy atom. The molecule has 1 heterocycles. The minimum absolute atomic E-state index is 0.00560. The van der Waals surface area contributed by atoms with E-state index in [9.17, 15) is 23.2 Å². The summed E-state index contributed by atoms with van der Waals surface area (Å²) in [5.74, 6) is -7.91. The topological polar surface area (TPSA) is 63.7 Å². The first-order valence-electron chi connectivity index (χ1n) is 6.97. The minimum Gasteiger partial charge on any atom is -0.323 e. The van der Waals surface area contributed by atoms with E-state index in [0.29, 0.717) is 0 Å². The molecule has 0 spiro atoms. The highest BCUT2D eigenvalue weighted by atomic mass is 19.3. The summed E-state index contributed by atoms with van der Waals surface area (Å²) >= 11 is 0. The van der Waals surface area contributed by atoms with Gasteiger partial charge in [0.15, 0.2) is 0 Å². The number of carbonyl (C=O) groups excluding carboxylic acids is 3. The van der Waals surface area contributed by atoms with E-state index in [1.54, 1.807) is 6.92 Å². The van der Waals surface area contributed by atoms with Gasteiger partial charge in [-0.25, -0.2) is 4.79 Å². The van der Waals surface area contributed by atoms with Crippen LogP contribution in [0.4, 0.5) is 8.78 Å². The van der Waals surface area contributed by atoms with Crippen molar-refractivity contribution in [2.45, 2.75) is 12.8 Å². The van der Waals surface area contributed by atoms with Crippen LogP contribution in [0.15, 0.2) is 48.5 Å². The van der Waals surface area contributed by atoms with Crippen molar-refractivity contribution < 1.29 is 28.0 Å². The Kier molecular flexibility index (Phi) is 3.63. The standard InChI is InChI=1S/C17H11F2NO4/c1-10-6-8-11(9-7-10)17(18,19)16(23)24-20-14(21)12-4-2-3-5-13(12)15(20)22/h2-9H,1H3. The molecule has 5 nitrogen and oxygen atoms in total. The Morgan fingerprint density at radius 2 is 1.46 bits per heavy atom. The predicted octanol–water partition coefficient (Wildman–Crippen LogP) is 2.84. The maximum atomic E-state index is 14.2. The summed E-state index contributed by atoms with van der Waals surface area (Å²) in [4.78, 5) is 40.3. The van der Waals surface area contributed by atoms with Crippen LogP contribution in [0.1, 0.15) is 31.8 Å². The molecule has 2 aromatic rings. The van der Waals surface area contributed by atoms with Crippen LogP contribution < -0.4 is 0 Å². The van der Waals surface area contributed by atoms with Crippen molar-refractivity contribution in [2.24, 2.45) is 0 Å². The Bertz CT molecular complexity index is 811. The largest absolute Gasteiger partial charge is 0.407 e. The Labute approximate surface area is 135 Å². The molecule has 0 N–H and O–H groups in total. The Balaban J connectivity index is 1.84. The van der Waals surface area contributed by atoms with Crippen LogP contribution in [-0.2, 0) is 15.6 Å². The normalized spacial score (nSPS) is 13.9. The molecule has 2 amide bonds. The van der Waals surface area contributed by atoms with Crippen molar-refractivity contribution in [1.82, 2.24) is 5.06 Å². The van der Waals surface area contributed by atoms with Crippen molar-refractivity contribution in [1.29, 1.82) is 0 Å². The van der Waals surface area contributed by atoms with E-state index < -0.39 is 29.3 Å². The summed E-state index contributed by atoms with van der Waals surface area (Å²) in [6.45, 7) is 1.71. The molecule has 0 aromatic heterocycles. The first-order valence-corrected chi connectivity index (χ1v) is 6.97. The Hall–Kier alpha value is -3.09. The molecule has 2 aromatic carbocycles. The number of halogens is 2. The molecule has 0 atom stereocenters. The Morgan fingerprint density at radius 3 is 1.96 bits per heavy atom. The molecule has 0 fully saturated rings. The van der Waals surface area contributed by atoms with E-state index in [-0.39, 0.29) is 16.2 Å². The molecule has 0 unspecified atom stereocenters. The van der Waals surface area contributed by atoms with Crippen LogP contribution in [0.25, 0.3) is 0 Å². The van der Waals surface area contributed by atoms with Crippen LogP contribution in [0.3, 0.4) is 0 Å². The third-order valence-corrected chi connectivity index (χ3v) is 3.60. The number of nitrogens with zero attached hydrogens (tertiary/aromatic N) is 1. The number of rotatable bonds is 3. The molecule has 1 aliphatic heterocycles. The van der Waals surface area contributed by atoms with Gasteiger partial charge in [0.2, 0.25) is 0 Å². The van der Waals surface area contributed by atoms with Gasteiger partial charge in [-0.3, -0.25) is 9.59 Å². The van der Waals surface area contributed by atoms with Gasteiger partial charge in [0, 0.05) is 5.56 Å². The lowest BCUT2D eigenvalue weighted by atomic mass is 10.1. The van der Waals surface area contributed by atoms with E-state index in [2.05, 4.69) is 4.84 Å². The van der Waals surface area contributed by atoms with Gasteiger partial charge in [-0.15, -0.1) is 0 Å². The molecule has 0 saturated carbocycles. The number of alkyl halides is 2. The molecule has 7 heteroatoms. The highest BCUT2D eigenvalue weighted by Gasteiger charge is 2.47. The zero-order valence-electron chi connectivity index (χ0n) is 12.5. The second-order valence-electron chi connectivity index (χ2n) is 5.27. The van der Waals surface area contributed by atoms with Gasteiger partial charge in [-0.2, -0.15) is 8.78 Å². The fourth-order valence-corrected chi connectivity index (χ4v) is 2.27. The van der Waals surface area contributed by atoms with Crippen molar-refractivity contribution in [3.05, 3.63) is 70.8 Å². The summed E-state index contributed by atoms with van der Waals surface area (Å²) in [5.41, 5.74) is 0.140. The van der Waals surface area contributed by atoms with Crippen molar-refractivity contribution >= 4 is 17.8 Å². The molecule has 0 bridgehead atoms. The van der Waals surface area contributed by atoms with Crippen LogP contribution >= 0.6 is 0 Å². The van der Waals surface area contributed by atoms with Gasteiger partial charge >= 0.3 is 11.9 Å². The molecule has 24 heavy (non-hydrogen) atoms. The van der Waals surface area contributed by atoms with Gasteiger partial charge < -0.3 is 4.84 Å². The lowest BCUT2D eigenvalue weighted by Crippen LogP contribution is -2.38. The zero-order valence-corrected chi connectivity index (χ0v) is 12.5. The number of amides is 2. The number of hydroxylamine groups is 2. The third kappa shape index (κ3) is 2.44. The predicted molar refractivity (Wildman–Crippen MR) is 78.1 cm³/mol. The lowest BCUT2D eigenvalue weighted by molar-refractivity contribution is -0.198. The lowest BCUT2D eigenvalue weighted by Gasteiger charge is -2.18. The first kappa shape index (κ1) is 15.8. The van der Waals surface area contributed by atoms with Crippen molar-refractivity contribution in [3.8, 4) is 0 Å². The van der Waals surface area contributed by atoms with Gasteiger partial charge in [0.05, 0.1) is 11.1 Å². The summed E-state index contributed by atoms with van der Waals surface area (Å²) in [6, 6.07) is 10.7. The highest BCUT2D eigenvalue weighted by Crippen LogP contribution is 2.31. The second-order valence-corrected chi connectivity index (χ2v) is 5.27. The molecule has 0 radical (unpaired) electrons. The maximum absolute atomic E-state index is 14.2. The summed E-state index contributed by atoms with van der Waals surface area (Å²) in [7, 11) is 0. The quantitative estimate of drug-likeness (QED) is 0.811. The van der Waals surface area contributed by atoms with E-state index in [1.165, 1.54) is 36.4 Å². The van der Waals surface area contributed by atoms with Gasteiger partial charge in [-0.1, -0.05) is 47.0 Å². The van der Waals surface area contributed by atoms with Crippen LogP contribution in [0.2, 0.25) is 0 Å². The zero-order chi connectivity index (χ0) is 17.5. The monoisotopic (exact) mass is 331 g/mol. The number of hydrogen-bond donors (Lipinski definition) is 0. The third-order valence-electron chi connectivity index (χ3n) is 3.60. The van der Waals surface area contributed by atoms with E-state index in [4.69, 9.17) is 0 Å². The molecule has 0 saturated heterocycles. The SMILES string of the molecule is Cc1ccc(C(F)(F)C(=O)ON2C(=O)c3ccccc3C2=O)cc1. The van der Waals surface area contributed by atoms with Crippen LogP contribution in [0, 0.1) is 6.92 Å². The molecular formula is C17H11F2NO4. The average Bonchev–Trinajstić information content (AvgIpc) is 2.80. The first-order chi connectivity index (χ1) is 11.3. The molecule has 122 valence electrons. The molecule has 0 aliphatic carbocycles. The number of fused-ring (bicyclic) bond motifs is 1. The fraction of sp³-hybridized carbons (Fsp3) is 0.118. The molecular weight excluding hydrogens is 320 g/mol. The van der Waals surface area contributed by atoms with Gasteiger partial charge in [0.1, 0.15) is 0 Å².